The molecule has 1 aromatic carbocycles. The zero-order chi connectivity index (χ0) is 12.4. The number of hydrogen-bond donors (Lipinski definition) is 1. The van der Waals surface area contributed by atoms with Crippen LogP contribution in [-0.2, 0) is 9.47 Å². The highest BCUT2D eigenvalue weighted by molar-refractivity contribution is 8.00. The number of hydrogen-bond acceptors (Lipinski definition) is 4. The molecule has 2 atom stereocenters. The van der Waals surface area contributed by atoms with Gasteiger partial charge in [-0.05, 0) is 25.0 Å². The molecule has 0 aromatic heterocycles. The molecule has 18 heavy (non-hydrogen) atoms. The van der Waals surface area contributed by atoms with Crippen LogP contribution in [0.2, 0.25) is 0 Å². The Morgan fingerprint density at radius 2 is 1.89 bits per heavy atom. The van der Waals surface area contributed by atoms with Gasteiger partial charge < -0.3 is 14.6 Å². The lowest BCUT2D eigenvalue weighted by Gasteiger charge is -2.40. The van der Waals surface area contributed by atoms with Crippen LogP contribution in [0.5, 0.6) is 0 Å². The van der Waals surface area contributed by atoms with Crippen molar-refractivity contribution in [2.24, 2.45) is 0 Å². The average molecular weight is 266 g/mol. The molecule has 1 N–H and O–H groups in total. The molecule has 0 amide bonds. The van der Waals surface area contributed by atoms with Crippen LogP contribution in [-0.4, -0.2) is 35.5 Å². The topological polar surface area (TPSA) is 38.7 Å². The summed E-state index contributed by atoms with van der Waals surface area (Å²) < 4.78 is 11.7. The van der Waals surface area contributed by atoms with E-state index in [2.05, 4.69) is 12.1 Å². The Bertz CT molecular complexity index is 389. The van der Waals surface area contributed by atoms with Gasteiger partial charge in [-0.25, -0.2) is 0 Å². The molecule has 2 fully saturated rings. The molecule has 0 bridgehead atoms. The molecule has 1 heterocycles. The number of aliphatic hydroxyl groups is 1. The van der Waals surface area contributed by atoms with E-state index in [9.17, 15) is 5.11 Å². The van der Waals surface area contributed by atoms with Crippen LogP contribution < -0.4 is 0 Å². The fourth-order valence-corrected chi connectivity index (χ4v) is 4.07. The van der Waals surface area contributed by atoms with Gasteiger partial charge in [-0.15, -0.1) is 11.8 Å². The average Bonchev–Trinajstić information content (AvgIpc) is 2.85. The second-order valence-corrected chi connectivity index (χ2v) is 6.13. The predicted octanol–water partition coefficient (Wildman–Crippen LogP) is 2.44. The summed E-state index contributed by atoms with van der Waals surface area (Å²) in [6.45, 7) is 1.34. The fourth-order valence-electron chi connectivity index (χ4n) is 2.68. The van der Waals surface area contributed by atoms with Crippen LogP contribution >= 0.6 is 11.8 Å². The molecular weight excluding hydrogens is 248 g/mol. The van der Waals surface area contributed by atoms with E-state index in [1.807, 2.05) is 18.2 Å². The van der Waals surface area contributed by atoms with E-state index in [-0.39, 0.29) is 11.4 Å². The molecule has 98 valence electrons. The lowest BCUT2D eigenvalue weighted by Crippen LogP contribution is -2.47. The van der Waals surface area contributed by atoms with Crippen molar-refractivity contribution < 1.29 is 14.6 Å². The molecule has 2 aliphatic rings. The first kappa shape index (κ1) is 12.5. The number of benzene rings is 1. The molecule has 3 nitrogen and oxygen atoms in total. The number of ether oxygens (including phenoxy) is 2. The van der Waals surface area contributed by atoms with E-state index in [0.717, 1.165) is 19.3 Å². The van der Waals surface area contributed by atoms with Crippen molar-refractivity contribution in [3.05, 3.63) is 30.3 Å². The van der Waals surface area contributed by atoms with Crippen LogP contribution in [0.1, 0.15) is 19.3 Å². The third kappa shape index (κ3) is 2.43. The Kier molecular flexibility index (Phi) is 3.61. The highest BCUT2D eigenvalue weighted by atomic mass is 32.2. The lowest BCUT2D eigenvalue weighted by molar-refractivity contribution is -0.182. The zero-order valence-corrected chi connectivity index (χ0v) is 11.1. The summed E-state index contributed by atoms with van der Waals surface area (Å²) in [6, 6.07) is 10.3. The molecule has 1 aromatic rings. The molecule has 0 unspecified atom stereocenters. The van der Waals surface area contributed by atoms with Crippen molar-refractivity contribution in [2.75, 3.05) is 13.2 Å². The number of rotatable bonds is 2. The van der Waals surface area contributed by atoms with E-state index in [1.54, 1.807) is 11.8 Å². The molecule has 0 radical (unpaired) electrons. The summed E-state index contributed by atoms with van der Waals surface area (Å²) in [5, 5.41) is 10.0. The van der Waals surface area contributed by atoms with Gasteiger partial charge in [-0.1, -0.05) is 18.2 Å². The summed E-state index contributed by atoms with van der Waals surface area (Å²) in [7, 11) is 0. The molecular formula is C14H18O3S. The van der Waals surface area contributed by atoms with Gasteiger partial charge in [0.05, 0.1) is 24.6 Å². The Morgan fingerprint density at radius 3 is 2.61 bits per heavy atom. The Labute approximate surface area is 111 Å². The van der Waals surface area contributed by atoms with E-state index in [1.165, 1.54) is 4.90 Å². The number of aliphatic hydroxyl groups excluding tert-OH is 1. The number of thioether (sulfide) groups is 1. The first-order valence-corrected chi connectivity index (χ1v) is 7.34. The molecule has 3 rings (SSSR count). The van der Waals surface area contributed by atoms with Crippen LogP contribution in [0.15, 0.2) is 35.2 Å². The van der Waals surface area contributed by atoms with Gasteiger partial charge in [0.15, 0.2) is 5.79 Å². The van der Waals surface area contributed by atoms with Gasteiger partial charge in [0.1, 0.15) is 0 Å². The zero-order valence-electron chi connectivity index (χ0n) is 10.2. The lowest BCUT2D eigenvalue weighted by atomic mass is 9.91. The van der Waals surface area contributed by atoms with Crippen molar-refractivity contribution in [3.63, 3.8) is 0 Å². The van der Waals surface area contributed by atoms with Gasteiger partial charge in [0.2, 0.25) is 0 Å². The highest BCUT2D eigenvalue weighted by Crippen LogP contribution is 2.44. The minimum absolute atomic E-state index is 0.172. The summed E-state index contributed by atoms with van der Waals surface area (Å²) in [5.41, 5.74) is 0. The molecule has 4 heteroatoms. The quantitative estimate of drug-likeness (QED) is 0.892. The molecule has 1 saturated heterocycles. The Hall–Kier alpha value is -0.550. The Balaban J connectivity index is 1.78. The summed E-state index contributed by atoms with van der Waals surface area (Å²) in [4.78, 5) is 1.20. The minimum atomic E-state index is -0.472. The van der Waals surface area contributed by atoms with Gasteiger partial charge in [-0.3, -0.25) is 0 Å². The smallest absolute Gasteiger partial charge is 0.180 e. The maximum atomic E-state index is 9.88. The summed E-state index contributed by atoms with van der Waals surface area (Å²) >= 11 is 1.75. The standard InChI is InChI=1S/C14H18O3S/c15-11-6-7-14(16-8-9-17-14)13(10-11)18-12-4-2-1-3-5-12/h1-5,11,13,15H,6-10H2/t11-,13-/m1/s1. The minimum Gasteiger partial charge on any atom is -0.393 e. The summed E-state index contributed by atoms with van der Waals surface area (Å²) in [6.07, 6.45) is 2.06. The maximum absolute atomic E-state index is 9.88. The van der Waals surface area contributed by atoms with Gasteiger partial charge in [-0.2, -0.15) is 0 Å². The van der Waals surface area contributed by atoms with Crippen molar-refractivity contribution in [1.82, 2.24) is 0 Å². The van der Waals surface area contributed by atoms with E-state index in [0.29, 0.717) is 13.2 Å². The van der Waals surface area contributed by atoms with Crippen molar-refractivity contribution in [2.45, 2.75) is 41.3 Å². The Morgan fingerprint density at radius 1 is 1.17 bits per heavy atom. The van der Waals surface area contributed by atoms with Crippen LogP contribution in [0, 0.1) is 0 Å². The van der Waals surface area contributed by atoms with Crippen molar-refractivity contribution in [3.8, 4) is 0 Å². The van der Waals surface area contributed by atoms with Crippen LogP contribution in [0.4, 0.5) is 0 Å². The van der Waals surface area contributed by atoms with E-state index in [4.69, 9.17) is 9.47 Å². The van der Waals surface area contributed by atoms with E-state index >= 15 is 0 Å². The third-order valence-corrected chi connectivity index (χ3v) is 4.98. The predicted molar refractivity (Wildman–Crippen MR) is 70.6 cm³/mol. The monoisotopic (exact) mass is 266 g/mol. The van der Waals surface area contributed by atoms with Crippen molar-refractivity contribution >= 4 is 11.8 Å². The van der Waals surface area contributed by atoms with Gasteiger partial charge in [0.25, 0.3) is 0 Å². The van der Waals surface area contributed by atoms with Gasteiger partial charge >= 0.3 is 0 Å². The first-order valence-electron chi connectivity index (χ1n) is 6.46. The summed E-state index contributed by atoms with van der Waals surface area (Å²) in [5.74, 6) is -0.472. The highest BCUT2D eigenvalue weighted by Gasteiger charge is 2.48. The third-order valence-electron chi connectivity index (χ3n) is 3.60. The van der Waals surface area contributed by atoms with Crippen molar-refractivity contribution in [1.29, 1.82) is 0 Å². The second kappa shape index (κ2) is 5.21. The maximum Gasteiger partial charge on any atom is 0.180 e. The molecule has 1 aliphatic carbocycles. The molecule has 1 saturated carbocycles. The molecule has 1 aliphatic heterocycles. The normalized spacial score (nSPS) is 30.7. The first-order chi connectivity index (χ1) is 8.78. The van der Waals surface area contributed by atoms with Gasteiger partial charge in [0, 0.05) is 11.3 Å². The fraction of sp³-hybridized carbons (Fsp3) is 0.571. The SMILES string of the molecule is O[C@@H]1CCC2(OCCO2)[C@H](Sc2ccccc2)C1. The second-order valence-electron chi connectivity index (χ2n) is 4.86. The van der Waals surface area contributed by atoms with E-state index < -0.39 is 5.79 Å². The van der Waals surface area contributed by atoms with Crippen LogP contribution in [0.25, 0.3) is 0 Å². The largest absolute Gasteiger partial charge is 0.393 e. The van der Waals surface area contributed by atoms with Crippen LogP contribution in [0.3, 0.4) is 0 Å². The molecule has 1 spiro atoms.